The number of aromatic nitrogens is 2. The number of thiophene rings is 1. The summed E-state index contributed by atoms with van der Waals surface area (Å²) in [7, 11) is 0. The molecule has 0 unspecified atom stereocenters. The summed E-state index contributed by atoms with van der Waals surface area (Å²) in [5.74, 6) is -1.13. The topological polar surface area (TPSA) is 98.7 Å². The average molecular weight is 353 g/mol. The number of ether oxygens (including phenoxy) is 2. The van der Waals surface area contributed by atoms with Crippen LogP contribution in [0.5, 0.6) is 0 Å². The van der Waals surface area contributed by atoms with Crippen molar-refractivity contribution in [2.75, 3.05) is 25.5 Å². The van der Waals surface area contributed by atoms with E-state index in [2.05, 4.69) is 14.7 Å². The molecule has 1 fully saturated rings. The Morgan fingerprint density at radius 3 is 3.09 bits per heavy atom. The number of hydrogen-bond donors (Lipinski definition) is 0. The van der Waals surface area contributed by atoms with Crippen LogP contribution in [0.3, 0.4) is 0 Å². The molecule has 23 heavy (non-hydrogen) atoms. The van der Waals surface area contributed by atoms with Crippen LogP contribution in [0.25, 0.3) is 10.2 Å². The second kappa shape index (κ2) is 6.92. The van der Waals surface area contributed by atoms with E-state index in [1.807, 2.05) is 11.4 Å². The van der Waals surface area contributed by atoms with Crippen LogP contribution in [0, 0.1) is 0 Å². The lowest BCUT2D eigenvalue weighted by Gasteiger charge is -2.10. The van der Waals surface area contributed by atoms with E-state index in [9.17, 15) is 14.4 Å². The van der Waals surface area contributed by atoms with Gasteiger partial charge in [-0.3, -0.25) is 9.59 Å². The van der Waals surface area contributed by atoms with E-state index in [1.165, 1.54) is 29.4 Å². The minimum Gasteiger partial charge on any atom is -0.455 e. The molecule has 0 spiro atoms. The largest absolute Gasteiger partial charge is 0.455 e. The molecular formula is C13H11N3O5S2. The maximum absolute atomic E-state index is 11.7. The third-order valence-electron chi connectivity index (χ3n) is 2.97. The van der Waals surface area contributed by atoms with Crippen molar-refractivity contribution in [2.45, 2.75) is 5.03 Å². The van der Waals surface area contributed by atoms with Gasteiger partial charge in [0.15, 0.2) is 6.61 Å². The fourth-order valence-corrected chi connectivity index (χ4v) is 3.47. The van der Waals surface area contributed by atoms with E-state index >= 15 is 0 Å². The third-order valence-corrected chi connectivity index (χ3v) is 4.77. The Kier molecular flexibility index (Phi) is 4.72. The first kappa shape index (κ1) is 15.7. The van der Waals surface area contributed by atoms with Gasteiger partial charge in [0.05, 0.1) is 12.3 Å². The van der Waals surface area contributed by atoms with Crippen LogP contribution in [0.2, 0.25) is 0 Å². The number of amides is 2. The van der Waals surface area contributed by atoms with Gasteiger partial charge >= 0.3 is 12.1 Å². The second-order valence-electron chi connectivity index (χ2n) is 4.43. The van der Waals surface area contributed by atoms with Gasteiger partial charge < -0.3 is 9.47 Å². The van der Waals surface area contributed by atoms with Crippen LogP contribution in [-0.2, 0) is 19.1 Å². The highest BCUT2D eigenvalue weighted by atomic mass is 32.2. The van der Waals surface area contributed by atoms with Gasteiger partial charge in [0, 0.05) is 5.39 Å². The Balaban J connectivity index is 1.49. The number of imide groups is 1. The smallest absolute Gasteiger partial charge is 0.416 e. The molecule has 0 aromatic carbocycles. The normalized spacial score (nSPS) is 14.1. The molecule has 2 aromatic heterocycles. The Hall–Kier alpha value is -2.20. The molecular weight excluding hydrogens is 342 g/mol. The number of carbonyl (C=O) groups excluding carboxylic acids is 3. The van der Waals surface area contributed by atoms with Gasteiger partial charge in [0.1, 0.15) is 22.8 Å². The van der Waals surface area contributed by atoms with Crippen molar-refractivity contribution in [3.63, 3.8) is 0 Å². The lowest BCUT2D eigenvalue weighted by molar-refractivity contribution is -0.148. The van der Waals surface area contributed by atoms with Crippen LogP contribution in [0.1, 0.15) is 0 Å². The first-order chi connectivity index (χ1) is 11.1. The average Bonchev–Trinajstić information content (AvgIpc) is 3.19. The van der Waals surface area contributed by atoms with Gasteiger partial charge in [0.25, 0.3) is 5.91 Å². The summed E-state index contributed by atoms with van der Waals surface area (Å²) in [5.41, 5.74) is 0. The van der Waals surface area contributed by atoms with Crippen molar-refractivity contribution in [1.29, 1.82) is 0 Å². The summed E-state index contributed by atoms with van der Waals surface area (Å²) in [4.78, 5) is 44.6. The van der Waals surface area contributed by atoms with Gasteiger partial charge in [-0.1, -0.05) is 11.8 Å². The molecule has 3 heterocycles. The van der Waals surface area contributed by atoms with E-state index in [1.54, 1.807) is 0 Å². The number of carbonyl (C=O) groups is 3. The molecule has 1 aliphatic rings. The third kappa shape index (κ3) is 3.59. The summed E-state index contributed by atoms with van der Waals surface area (Å²) in [6, 6.07) is 1.89. The zero-order valence-corrected chi connectivity index (χ0v) is 13.4. The minimum atomic E-state index is -0.707. The summed E-state index contributed by atoms with van der Waals surface area (Å²) < 4.78 is 9.52. The zero-order chi connectivity index (χ0) is 16.2. The molecule has 1 aliphatic heterocycles. The quantitative estimate of drug-likeness (QED) is 0.451. The van der Waals surface area contributed by atoms with E-state index in [-0.39, 0.29) is 18.9 Å². The van der Waals surface area contributed by atoms with Crippen molar-refractivity contribution in [2.24, 2.45) is 0 Å². The molecule has 10 heteroatoms. The van der Waals surface area contributed by atoms with Gasteiger partial charge in [-0.05, 0) is 11.4 Å². The monoisotopic (exact) mass is 353 g/mol. The van der Waals surface area contributed by atoms with E-state index in [4.69, 9.17) is 4.74 Å². The summed E-state index contributed by atoms with van der Waals surface area (Å²) in [6.45, 7) is -0.133. The van der Waals surface area contributed by atoms with Crippen LogP contribution in [-0.4, -0.2) is 58.3 Å². The standard InChI is InChI=1S/C13H11N3O5S2/c17-9(16-2-3-20-13(16)19)5-21-10(18)6-23-12-8-1-4-22-11(8)14-7-15-12/h1,4,7H,2-3,5-6H2. The molecule has 0 atom stereocenters. The van der Waals surface area contributed by atoms with E-state index in [0.29, 0.717) is 5.03 Å². The number of cyclic esters (lactones) is 1. The van der Waals surface area contributed by atoms with Crippen molar-refractivity contribution in [3.05, 3.63) is 17.8 Å². The molecule has 0 saturated carbocycles. The molecule has 8 nitrogen and oxygen atoms in total. The van der Waals surface area contributed by atoms with Gasteiger partial charge in [-0.25, -0.2) is 19.7 Å². The Bertz CT molecular complexity index is 763. The minimum absolute atomic E-state index is 0.0136. The number of hydrogen-bond acceptors (Lipinski definition) is 9. The number of esters is 1. The van der Waals surface area contributed by atoms with Crippen molar-refractivity contribution in [1.82, 2.24) is 14.9 Å². The zero-order valence-electron chi connectivity index (χ0n) is 11.8. The molecule has 0 radical (unpaired) electrons. The fraction of sp³-hybridized carbons (Fsp3) is 0.308. The molecule has 0 bridgehead atoms. The molecule has 2 amide bonds. The second-order valence-corrected chi connectivity index (χ2v) is 6.29. The maximum Gasteiger partial charge on any atom is 0.416 e. The lowest BCUT2D eigenvalue weighted by atomic mass is 10.4. The lowest BCUT2D eigenvalue weighted by Crippen LogP contribution is -2.35. The van der Waals surface area contributed by atoms with Crippen LogP contribution < -0.4 is 0 Å². The summed E-state index contributed by atoms with van der Waals surface area (Å²) in [5, 5.41) is 3.46. The first-order valence-electron chi connectivity index (χ1n) is 6.59. The highest BCUT2D eigenvalue weighted by Crippen LogP contribution is 2.27. The predicted octanol–water partition coefficient (Wildman–Crippen LogP) is 1.31. The van der Waals surface area contributed by atoms with Crippen molar-refractivity contribution < 1.29 is 23.9 Å². The molecule has 0 aliphatic carbocycles. The summed E-state index contributed by atoms with van der Waals surface area (Å²) >= 11 is 2.70. The van der Waals surface area contributed by atoms with E-state index < -0.39 is 24.6 Å². The van der Waals surface area contributed by atoms with Crippen molar-refractivity contribution >= 4 is 51.3 Å². The Morgan fingerprint density at radius 1 is 1.43 bits per heavy atom. The molecule has 120 valence electrons. The molecule has 2 aromatic rings. The maximum atomic E-state index is 11.7. The van der Waals surface area contributed by atoms with Gasteiger partial charge in [-0.2, -0.15) is 0 Å². The molecule has 0 N–H and O–H groups in total. The summed E-state index contributed by atoms with van der Waals surface area (Å²) in [6.07, 6.45) is 0.732. The molecule has 1 saturated heterocycles. The van der Waals surface area contributed by atoms with Gasteiger partial charge in [0.2, 0.25) is 0 Å². The predicted molar refractivity (Wildman–Crippen MR) is 82.2 cm³/mol. The van der Waals surface area contributed by atoms with Crippen molar-refractivity contribution in [3.8, 4) is 0 Å². The van der Waals surface area contributed by atoms with E-state index in [0.717, 1.165) is 15.1 Å². The number of thioether (sulfide) groups is 1. The Morgan fingerprint density at radius 2 is 2.30 bits per heavy atom. The van der Waals surface area contributed by atoms with Gasteiger partial charge in [-0.15, -0.1) is 11.3 Å². The SMILES string of the molecule is O=C(CSc1ncnc2sccc12)OCC(=O)N1CCOC1=O. The number of rotatable bonds is 5. The first-order valence-corrected chi connectivity index (χ1v) is 8.45. The van der Waals surface area contributed by atoms with Crippen LogP contribution >= 0.6 is 23.1 Å². The Labute approximate surface area is 138 Å². The number of nitrogens with zero attached hydrogens (tertiary/aromatic N) is 3. The van der Waals surface area contributed by atoms with Crippen LogP contribution in [0.15, 0.2) is 22.8 Å². The highest BCUT2D eigenvalue weighted by Gasteiger charge is 2.28. The number of fused-ring (bicyclic) bond motifs is 1. The molecule has 3 rings (SSSR count). The fourth-order valence-electron chi connectivity index (χ4n) is 1.89. The van der Waals surface area contributed by atoms with Crippen LogP contribution in [0.4, 0.5) is 4.79 Å². The highest BCUT2D eigenvalue weighted by molar-refractivity contribution is 8.00.